The Morgan fingerprint density at radius 1 is 1.58 bits per heavy atom. The molecule has 3 rings (SSSR count). The van der Waals surface area contributed by atoms with Crippen LogP contribution in [0.25, 0.3) is 0 Å². The van der Waals surface area contributed by atoms with E-state index in [-0.39, 0.29) is 0 Å². The lowest BCUT2D eigenvalue weighted by Crippen LogP contribution is -2.10. The molecule has 1 saturated carbocycles. The molecule has 19 heavy (non-hydrogen) atoms. The fourth-order valence-corrected chi connectivity index (χ4v) is 2.01. The molecule has 0 saturated heterocycles. The van der Waals surface area contributed by atoms with Crippen molar-refractivity contribution in [2.45, 2.75) is 32.2 Å². The Balaban J connectivity index is 1.90. The molecule has 0 atom stereocenters. The Morgan fingerprint density at radius 2 is 2.42 bits per heavy atom. The van der Waals surface area contributed by atoms with E-state index >= 15 is 0 Å². The number of carbonyl (C=O) groups excluding carboxylic acids is 1. The Kier molecular flexibility index (Phi) is 3.02. The van der Waals surface area contributed by atoms with Crippen molar-refractivity contribution in [2.75, 3.05) is 6.61 Å². The van der Waals surface area contributed by atoms with Gasteiger partial charge in [-0.15, -0.1) is 5.10 Å². The summed E-state index contributed by atoms with van der Waals surface area (Å²) in [5.41, 5.74) is 1.17. The van der Waals surface area contributed by atoms with Gasteiger partial charge in [0.05, 0.1) is 18.5 Å². The molecule has 2 aromatic rings. The van der Waals surface area contributed by atoms with E-state index in [4.69, 9.17) is 9.26 Å². The van der Waals surface area contributed by atoms with E-state index in [1.165, 1.54) is 0 Å². The van der Waals surface area contributed by atoms with Gasteiger partial charge in [-0.25, -0.2) is 9.48 Å². The maximum atomic E-state index is 11.8. The van der Waals surface area contributed by atoms with Gasteiger partial charge < -0.3 is 9.26 Å². The van der Waals surface area contributed by atoms with E-state index in [0.717, 1.165) is 18.5 Å². The Morgan fingerprint density at radius 3 is 3.05 bits per heavy atom. The van der Waals surface area contributed by atoms with Crippen molar-refractivity contribution in [1.29, 1.82) is 0 Å². The highest BCUT2D eigenvalue weighted by Gasteiger charge is 2.34. The predicted molar refractivity (Wildman–Crippen MR) is 63.6 cm³/mol. The standard InChI is InChI=1S/C12H14N4O3/c1-2-18-12(17)10-11(8-3-4-8)16(15-14-10)7-9-5-6-13-19-9/h5-6,8H,2-4,7H2,1H3. The van der Waals surface area contributed by atoms with Gasteiger partial charge in [0.2, 0.25) is 0 Å². The summed E-state index contributed by atoms with van der Waals surface area (Å²) in [6.45, 7) is 2.53. The molecule has 7 nitrogen and oxygen atoms in total. The van der Waals surface area contributed by atoms with Gasteiger partial charge in [0.15, 0.2) is 11.5 Å². The number of hydrogen-bond acceptors (Lipinski definition) is 6. The van der Waals surface area contributed by atoms with Gasteiger partial charge in [-0.3, -0.25) is 0 Å². The molecule has 1 fully saturated rings. The molecule has 0 unspecified atom stereocenters. The summed E-state index contributed by atoms with van der Waals surface area (Å²) in [5, 5.41) is 11.6. The minimum Gasteiger partial charge on any atom is -0.461 e. The number of ether oxygens (including phenoxy) is 1. The van der Waals surface area contributed by atoms with Crippen LogP contribution in [0.15, 0.2) is 16.8 Å². The van der Waals surface area contributed by atoms with E-state index in [0.29, 0.717) is 30.5 Å². The van der Waals surface area contributed by atoms with Gasteiger partial charge in [0.1, 0.15) is 6.54 Å². The van der Waals surface area contributed by atoms with Gasteiger partial charge >= 0.3 is 5.97 Å². The Bertz CT molecular complexity index is 572. The topological polar surface area (TPSA) is 83.0 Å². The fourth-order valence-electron chi connectivity index (χ4n) is 2.01. The van der Waals surface area contributed by atoms with Crippen LogP contribution in [0.4, 0.5) is 0 Å². The van der Waals surface area contributed by atoms with Crippen molar-refractivity contribution >= 4 is 5.97 Å². The van der Waals surface area contributed by atoms with Gasteiger partial charge in [-0.05, 0) is 19.8 Å². The van der Waals surface area contributed by atoms with Gasteiger partial charge in [-0.1, -0.05) is 10.4 Å². The lowest BCUT2D eigenvalue weighted by atomic mass is 10.2. The van der Waals surface area contributed by atoms with Crippen molar-refractivity contribution in [3.05, 3.63) is 29.4 Å². The molecule has 0 radical (unpaired) electrons. The molecule has 7 heteroatoms. The first-order chi connectivity index (χ1) is 9.29. The second-order valence-corrected chi connectivity index (χ2v) is 4.45. The second kappa shape index (κ2) is 4.83. The van der Waals surface area contributed by atoms with Crippen molar-refractivity contribution in [1.82, 2.24) is 20.2 Å². The highest BCUT2D eigenvalue weighted by molar-refractivity contribution is 5.88. The monoisotopic (exact) mass is 262 g/mol. The predicted octanol–water partition coefficient (Wildman–Crippen LogP) is 1.37. The van der Waals surface area contributed by atoms with Crippen LogP contribution < -0.4 is 0 Å². The molecule has 1 aliphatic carbocycles. The molecule has 0 spiro atoms. The molecule has 0 aromatic carbocycles. The third kappa shape index (κ3) is 2.35. The normalized spacial score (nSPS) is 14.6. The van der Waals surface area contributed by atoms with Crippen LogP contribution in [-0.2, 0) is 11.3 Å². The van der Waals surface area contributed by atoms with Crippen molar-refractivity contribution in [2.24, 2.45) is 0 Å². The zero-order chi connectivity index (χ0) is 13.2. The van der Waals surface area contributed by atoms with Crippen LogP contribution in [-0.4, -0.2) is 32.7 Å². The van der Waals surface area contributed by atoms with Crippen LogP contribution in [0.3, 0.4) is 0 Å². The minimum atomic E-state index is -0.409. The summed E-state index contributed by atoms with van der Waals surface area (Å²) in [4.78, 5) is 11.8. The van der Waals surface area contributed by atoms with Gasteiger partial charge in [-0.2, -0.15) is 0 Å². The van der Waals surface area contributed by atoms with E-state index in [2.05, 4.69) is 15.5 Å². The number of esters is 1. The molecular weight excluding hydrogens is 248 g/mol. The highest BCUT2D eigenvalue weighted by Crippen LogP contribution is 2.41. The van der Waals surface area contributed by atoms with Gasteiger partial charge in [0.25, 0.3) is 0 Å². The first kappa shape index (κ1) is 11.9. The van der Waals surface area contributed by atoms with Crippen LogP contribution >= 0.6 is 0 Å². The molecular formula is C12H14N4O3. The molecule has 0 N–H and O–H groups in total. The highest BCUT2D eigenvalue weighted by atomic mass is 16.5. The SMILES string of the molecule is CCOC(=O)c1nnn(Cc2ccno2)c1C1CC1. The lowest BCUT2D eigenvalue weighted by Gasteiger charge is -2.04. The van der Waals surface area contributed by atoms with Crippen molar-refractivity contribution in [3.8, 4) is 0 Å². The summed E-state index contributed by atoms with van der Waals surface area (Å²) < 4.78 is 11.8. The summed E-state index contributed by atoms with van der Waals surface area (Å²) >= 11 is 0. The maximum absolute atomic E-state index is 11.8. The van der Waals surface area contributed by atoms with E-state index in [9.17, 15) is 4.79 Å². The summed E-state index contributed by atoms with van der Waals surface area (Å²) in [7, 11) is 0. The number of aromatic nitrogens is 4. The van der Waals surface area contributed by atoms with E-state index < -0.39 is 5.97 Å². The van der Waals surface area contributed by atoms with E-state index in [1.807, 2.05) is 0 Å². The molecule has 1 aliphatic rings. The largest absolute Gasteiger partial charge is 0.461 e. The second-order valence-electron chi connectivity index (χ2n) is 4.45. The third-order valence-corrected chi connectivity index (χ3v) is 3.00. The maximum Gasteiger partial charge on any atom is 0.360 e. The van der Waals surface area contributed by atoms with E-state index in [1.54, 1.807) is 23.9 Å². The molecule has 0 bridgehead atoms. The summed E-state index contributed by atoms with van der Waals surface area (Å²) in [6.07, 6.45) is 3.68. The van der Waals surface area contributed by atoms with Crippen LogP contribution in [0.1, 0.15) is 47.6 Å². The molecule has 0 aliphatic heterocycles. The first-order valence-electron chi connectivity index (χ1n) is 6.29. The Hall–Kier alpha value is -2.18. The molecule has 2 aromatic heterocycles. The van der Waals surface area contributed by atoms with Crippen molar-refractivity contribution in [3.63, 3.8) is 0 Å². The third-order valence-electron chi connectivity index (χ3n) is 3.00. The number of rotatable bonds is 5. The van der Waals surface area contributed by atoms with Crippen molar-refractivity contribution < 1.29 is 14.1 Å². The molecule has 2 heterocycles. The number of hydrogen-bond donors (Lipinski definition) is 0. The smallest absolute Gasteiger partial charge is 0.360 e. The average Bonchev–Trinajstić information content (AvgIpc) is 2.95. The molecule has 0 amide bonds. The fraction of sp³-hybridized carbons (Fsp3) is 0.500. The zero-order valence-electron chi connectivity index (χ0n) is 10.6. The number of carbonyl (C=O) groups is 1. The molecule has 100 valence electrons. The summed E-state index contributed by atoms with van der Waals surface area (Å²) in [5.74, 6) is 0.618. The van der Waals surface area contributed by atoms with Crippen LogP contribution in [0, 0.1) is 0 Å². The summed E-state index contributed by atoms with van der Waals surface area (Å²) in [6, 6.07) is 1.77. The number of nitrogens with zero attached hydrogens (tertiary/aromatic N) is 4. The quantitative estimate of drug-likeness (QED) is 0.757. The van der Waals surface area contributed by atoms with Crippen LogP contribution in [0.5, 0.6) is 0 Å². The zero-order valence-corrected chi connectivity index (χ0v) is 10.6. The minimum absolute atomic E-state index is 0.323. The Labute approximate surface area is 109 Å². The first-order valence-corrected chi connectivity index (χ1v) is 6.29. The average molecular weight is 262 g/mol. The van der Waals surface area contributed by atoms with Gasteiger partial charge in [0, 0.05) is 12.0 Å². The lowest BCUT2D eigenvalue weighted by molar-refractivity contribution is 0.0518. The van der Waals surface area contributed by atoms with Crippen LogP contribution in [0.2, 0.25) is 0 Å².